The largest absolute Gasteiger partial charge is 0.478 e. The molecule has 18 heavy (non-hydrogen) atoms. The summed E-state index contributed by atoms with van der Waals surface area (Å²) >= 11 is 6.16. The summed E-state index contributed by atoms with van der Waals surface area (Å²) in [6.07, 6.45) is 6.18. The molecule has 0 spiro atoms. The molecule has 1 aromatic rings. The Bertz CT molecular complexity index is 445. The van der Waals surface area contributed by atoms with Gasteiger partial charge in [-0.3, -0.25) is 0 Å². The molecule has 0 aromatic carbocycles. The highest BCUT2D eigenvalue weighted by Gasteiger charge is 2.24. The van der Waals surface area contributed by atoms with Crippen LogP contribution in [0.1, 0.15) is 43.0 Å². The normalized spacial score (nSPS) is 15.9. The quantitative estimate of drug-likeness (QED) is 0.911. The average molecular weight is 269 g/mol. The van der Waals surface area contributed by atoms with E-state index in [-0.39, 0.29) is 5.56 Å². The third-order valence-corrected chi connectivity index (χ3v) is 3.73. The Labute approximate surface area is 112 Å². The van der Waals surface area contributed by atoms with Gasteiger partial charge in [0.05, 0.1) is 10.6 Å². The van der Waals surface area contributed by atoms with Gasteiger partial charge in [-0.25, -0.2) is 9.78 Å². The Morgan fingerprint density at radius 2 is 2.22 bits per heavy atom. The van der Waals surface area contributed by atoms with Gasteiger partial charge < -0.3 is 10.0 Å². The van der Waals surface area contributed by atoms with Crippen LogP contribution in [0.3, 0.4) is 0 Å². The second-order valence-corrected chi connectivity index (χ2v) is 4.97. The van der Waals surface area contributed by atoms with Gasteiger partial charge in [-0.05, 0) is 25.8 Å². The van der Waals surface area contributed by atoms with Crippen molar-refractivity contribution < 1.29 is 9.90 Å². The fraction of sp³-hybridized carbons (Fsp3) is 0.538. The Kier molecular flexibility index (Phi) is 4.07. The average Bonchev–Trinajstić information content (AvgIpc) is 2.85. The number of rotatable bonds is 4. The molecule has 2 rings (SSSR count). The van der Waals surface area contributed by atoms with E-state index in [9.17, 15) is 4.79 Å². The Hall–Kier alpha value is -1.29. The lowest BCUT2D eigenvalue weighted by molar-refractivity contribution is 0.0696. The lowest BCUT2D eigenvalue weighted by atomic mass is 10.2. The summed E-state index contributed by atoms with van der Waals surface area (Å²) in [4.78, 5) is 17.3. The molecule has 1 aliphatic carbocycles. The van der Waals surface area contributed by atoms with Crippen molar-refractivity contribution >= 4 is 23.4 Å². The van der Waals surface area contributed by atoms with E-state index >= 15 is 0 Å². The topological polar surface area (TPSA) is 53.4 Å². The van der Waals surface area contributed by atoms with Gasteiger partial charge in [0.15, 0.2) is 0 Å². The van der Waals surface area contributed by atoms with Crippen LogP contribution in [-0.4, -0.2) is 28.6 Å². The molecule has 0 bridgehead atoms. The van der Waals surface area contributed by atoms with Crippen molar-refractivity contribution in [3.05, 3.63) is 22.8 Å². The van der Waals surface area contributed by atoms with E-state index in [0.717, 1.165) is 19.4 Å². The molecule has 0 unspecified atom stereocenters. The first-order chi connectivity index (χ1) is 8.63. The van der Waals surface area contributed by atoms with Crippen molar-refractivity contribution in [2.24, 2.45) is 0 Å². The van der Waals surface area contributed by atoms with Crippen LogP contribution in [0.4, 0.5) is 5.82 Å². The van der Waals surface area contributed by atoms with Crippen LogP contribution in [0.2, 0.25) is 5.02 Å². The minimum atomic E-state index is -1.00. The number of carboxylic acids is 1. The molecule has 0 radical (unpaired) electrons. The molecule has 0 saturated heterocycles. The Balaban J connectivity index is 2.27. The molecule has 1 aliphatic rings. The lowest BCUT2D eigenvalue weighted by Gasteiger charge is -2.29. The summed E-state index contributed by atoms with van der Waals surface area (Å²) in [5.41, 5.74) is 0.131. The second kappa shape index (κ2) is 5.57. The molecule has 1 heterocycles. The summed E-state index contributed by atoms with van der Waals surface area (Å²) in [5.74, 6) is -0.295. The van der Waals surface area contributed by atoms with Crippen LogP contribution in [0, 0.1) is 0 Å². The van der Waals surface area contributed by atoms with Crippen molar-refractivity contribution in [1.29, 1.82) is 0 Å². The molecule has 4 nitrogen and oxygen atoms in total. The summed E-state index contributed by atoms with van der Waals surface area (Å²) < 4.78 is 0. The van der Waals surface area contributed by atoms with Gasteiger partial charge in [-0.2, -0.15) is 0 Å². The molecule has 0 aliphatic heterocycles. The van der Waals surface area contributed by atoms with E-state index in [1.165, 1.54) is 25.1 Å². The zero-order valence-electron chi connectivity index (χ0n) is 10.4. The smallest absolute Gasteiger partial charge is 0.337 e. The molecule has 5 heteroatoms. The van der Waals surface area contributed by atoms with Gasteiger partial charge in [0, 0.05) is 18.8 Å². The van der Waals surface area contributed by atoms with Gasteiger partial charge in [0.2, 0.25) is 0 Å². The molecule has 0 atom stereocenters. The van der Waals surface area contributed by atoms with Crippen LogP contribution in [0.5, 0.6) is 0 Å². The Morgan fingerprint density at radius 3 is 2.72 bits per heavy atom. The van der Waals surface area contributed by atoms with Crippen molar-refractivity contribution in [2.75, 3.05) is 11.4 Å². The van der Waals surface area contributed by atoms with Gasteiger partial charge in [0.25, 0.3) is 0 Å². The number of anilines is 1. The van der Waals surface area contributed by atoms with Gasteiger partial charge >= 0.3 is 5.97 Å². The molecule has 1 saturated carbocycles. The van der Waals surface area contributed by atoms with E-state index in [0.29, 0.717) is 16.9 Å². The van der Waals surface area contributed by atoms with Crippen LogP contribution in [-0.2, 0) is 0 Å². The van der Waals surface area contributed by atoms with Crippen molar-refractivity contribution in [3.63, 3.8) is 0 Å². The van der Waals surface area contributed by atoms with E-state index in [4.69, 9.17) is 16.7 Å². The number of aromatic carboxylic acids is 1. The SMILES string of the molecule is CCN(c1ncc(C(=O)O)cc1Cl)C1CCCC1. The molecule has 1 fully saturated rings. The third-order valence-electron chi connectivity index (χ3n) is 3.45. The predicted molar refractivity (Wildman–Crippen MR) is 71.5 cm³/mol. The maximum atomic E-state index is 10.8. The van der Waals surface area contributed by atoms with E-state index in [1.54, 1.807) is 0 Å². The maximum Gasteiger partial charge on any atom is 0.337 e. The standard InChI is InChI=1S/C13H17ClN2O2/c1-2-16(10-5-3-4-6-10)12-11(14)7-9(8-15-12)13(17)18/h7-8,10H,2-6H2,1H3,(H,17,18). The summed E-state index contributed by atoms with van der Waals surface area (Å²) in [5, 5.41) is 9.32. The number of nitrogens with zero attached hydrogens (tertiary/aromatic N) is 2. The van der Waals surface area contributed by atoms with Crippen molar-refractivity contribution in [2.45, 2.75) is 38.6 Å². The van der Waals surface area contributed by atoms with Gasteiger partial charge in [0.1, 0.15) is 5.82 Å². The zero-order chi connectivity index (χ0) is 13.1. The molecular formula is C13H17ClN2O2. The number of hydrogen-bond acceptors (Lipinski definition) is 3. The Morgan fingerprint density at radius 1 is 1.56 bits per heavy atom. The zero-order valence-corrected chi connectivity index (χ0v) is 11.2. The van der Waals surface area contributed by atoms with E-state index in [1.807, 2.05) is 0 Å². The fourth-order valence-corrected chi connectivity index (χ4v) is 2.83. The van der Waals surface area contributed by atoms with Crippen molar-refractivity contribution in [3.8, 4) is 0 Å². The van der Waals surface area contributed by atoms with Crippen LogP contribution >= 0.6 is 11.6 Å². The summed E-state index contributed by atoms with van der Waals surface area (Å²) in [6, 6.07) is 1.96. The minimum Gasteiger partial charge on any atom is -0.478 e. The highest BCUT2D eigenvalue weighted by atomic mass is 35.5. The summed E-state index contributed by atoms with van der Waals surface area (Å²) in [7, 11) is 0. The van der Waals surface area contributed by atoms with Gasteiger partial charge in [-0.15, -0.1) is 0 Å². The van der Waals surface area contributed by atoms with E-state index in [2.05, 4.69) is 16.8 Å². The monoisotopic (exact) mass is 268 g/mol. The lowest BCUT2D eigenvalue weighted by Crippen LogP contribution is -2.34. The summed E-state index contributed by atoms with van der Waals surface area (Å²) in [6.45, 7) is 2.91. The molecule has 1 N–H and O–H groups in total. The molecule has 0 amide bonds. The van der Waals surface area contributed by atoms with Gasteiger partial charge in [-0.1, -0.05) is 24.4 Å². The number of hydrogen-bond donors (Lipinski definition) is 1. The highest BCUT2D eigenvalue weighted by molar-refractivity contribution is 6.33. The van der Waals surface area contributed by atoms with Crippen LogP contribution in [0.15, 0.2) is 12.3 Å². The molecule has 1 aromatic heterocycles. The van der Waals surface area contributed by atoms with E-state index < -0.39 is 5.97 Å². The number of carbonyl (C=O) groups is 1. The van der Waals surface area contributed by atoms with Crippen LogP contribution in [0.25, 0.3) is 0 Å². The first kappa shape index (κ1) is 13.1. The number of aromatic nitrogens is 1. The highest BCUT2D eigenvalue weighted by Crippen LogP contribution is 2.31. The predicted octanol–water partition coefficient (Wildman–Crippen LogP) is 3.20. The minimum absolute atomic E-state index is 0.131. The van der Waals surface area contributed by atoms with Crippen LogP contribution < -0.4 is 4.90 Å². The number of carboxylic acid groups (broad SMARTS) is 1. The molecule has 98 valence electrons. The molecular weight excluding hydrogens is 252 g/mol. The number of halogens is 1. The van der Waals surface area contributed by atoms with Crippen molar-refractivity contribution in [1.82, 2.24) is 4.98 Å². The third kappa shape index (κ3) is 2.58. The number of pyridine rings is 1. The maximum absolute atomic E-state index is 10.8. The second-order valence-electron chi connectivity index (χ2n) is 4.56. The first-order valence-electron chi connectivity index (χ1n) is 6.29. The fourth-order valence-electron chi connectivity index (χ4n) is 2.56. The first-order valence-corrected chi connectivity index (χ1v) is 6.66.